The van der Waals surface area contributed by atoms with Gasteiger partial charge >= 0.3 is 0 Å². The number of hydrogen-bond acceptors (Lipinski definition) is 3. The SMILES string of the molecule is CCCN1CCCC(NC(C)c2ccc(Cl)s2)CC1. The molecule has 1 aromatic heterocycles. The molecule has 2 heterocycles. The fourth-order valence-corrected chi connectivity index (χ4v) is 3.93. The first-order chi connectivity index (χ1) is 9.19. The number of halogens is 1. The van der Waals surface area contributed by atoms with Gasteiger partial charge < -0.3 is 10.2 Å². The van der Waals surface area contributed by atoms with Gasteiger partial charge in [-0.2, -0.15) is 0 Å². The van der Waals surface area contributed by atoms with Crippen LogP contribution in [0.3, 0.4) is 0 Å². The van der Waals surface area contributed by atoms with Crippen molar-refractivity contribution < 1.29 is 0 Å². The van der Waals surface area contributed by atoms with Crippen molar-refractivity contribution in [3.05, 3.63) is 21.3 Å². The van der Waals surface area contributed by atoms with Gasteiger partial charge in [-0.15, -0.1) is 11.3 Å². The molecule has 2 unspecified atom stereocenters. The van der Waals surface area contributed by atoms with Gasteiger partial charge in [0.2, 0.25) is 0 Å². The number of thiophene rings is 1. The smallest absolute Gasteiger partial charge is 0.0931 e. The molecule has 0 bridgehead atoms. The van der Waals surface area contributed by atoms with Crippen LogP contribution < -0.4 is 5.32 Å². The van der Waals surface area contributed by atoms with Crippen molar-refractivity contribution in [1.82, 2.24) is 10.2 Å². The van der Waals surface area contributed by atoms with Gasteiger partial charge in [-0.3, -0.25) is 0 Å². The van der Waals surface area contributed by atoms with Crippen molar-refractivity contribution >= 4 is 22.9 Å². The van der Waals surface area contributed by atoms with E-state index in [1.807, 2.05) is 6.07 Å². The van der Waals surface area contributed by atoms with Crippen LogP contribution in [-0.4, -0.2) is 30.6 Å². The van der Waals surface area contributed by atoms with Crippen molar-refractivity contribution in [2.24, 2.45) is 0 Å². The van der Waals surface area contributed by atoms with Crippen LogP contribution in [0.1, 0.15) is 50.4 Å². The Morgan fingerprint density at radius 3 is 2.95 bits per heavy atom. The largest absolute Gasteiger partial charge is 0.307 e. The Morgan fingerprint density at radius 1 is 1.42 bits per heavy atom. The van der Waals surface area contributed by atoms with Crippen molar-refractivity contribution in [2.45, 2.75) is 51.6 Å². The highest BCUT2D eigenvalue weighted by Crippen LogP contribution is 2.27. The summed E-state index contributed by atoms with van der Waals surface area (Å²) in [6.45, 7) is 8.28. The molecule has 0 aliphatic carbocycles. The van der Waals surface area contributed by atoms with E-state index in [2.05, 4.69) is 30.1 Å². The lowest BCUT2D eigenvalue weighted by Crippen LogP contribution is -2.32. The van der Waals surface area contributed by atoms with E-state index in [-0.39, 0.29) is 0 Å². The number of likely N-dealkylation sites (tertiary alicyclic amines) is 1. The molecule has 0 amide bonds. The van der Waals surface area contributed by atoms with E-state index in [0.717, 1.165) is 4.34 Å². The Morgan fingerprint density at radius 2 is 2.26 bits per heavy atom. The predicted octanol–water partition coefficient (Wildman–Crippen LogP) is 4.32. The normalized spacial score (nSPS) is 23.2. The van der Waals surface area contributed by atoms with E-state index in [0.29, 0.717) is 12.1 Å². The maximum atomic E-state index is 6.01. The molecule has 2 atom stereocenters. The second kappa shape index (κ2) is 7.63. The molecule has 1 saturated heterocycles. The summed E-state index contributed by atoms with van der Waals surface area (Å²) < 4.78 is 0.888. The standard InChI is InChI=1S/C15H25ClN2S/c1-3-9-18-10-4-5-13(8-11-18)17-12(2)14-6-7-15(16)19-14/h6-7,12-13,17H,3-5,8-11H2,1-2H3. The van der Waals surface area contributed by atoms with Crippen LogP contribution in [0.2, 0.25) is 4.34 Å². The second-order valence-corrected chi connectivity index (χ2v) is 7.25. The molecule has 1 aliphatic rings. The summed E-state index contributed by atoms with van der Waals surface area (Å²) in [4.78, 5) is 3.95. The number of nitrogens with one attached hydrogen (secondary N) is 1. The molecule has 1 aliphatic heterocycles. The Balaban J connectivity index is 1.82. The molecule has 19 heavy (non-hydrogen) atoms. The maximum absolute atomic E-state index is 6.01. The first kappa shape index (κ1) is 15.3. The second-order valence-electron chi connectivity index (χ2n) is 5.50. The first-order valence-corrected chi connectivity index (χ1v) is 8.62. The zero-order chi connectivity index (χ0) is 13.7. The fourth-order valence-electron chi connectivity index (χ4n) is 2.86. The molecule has 0 radical (unpaired) electrons. The van der Waals surface area contributed by atoms with E-state index in [1.54, 1.807) is 11.3 Å². The van der Waals surface area contributed by atoms with E-state index >= 15 is 0 Å². The summed E-state index contributed by atoms with van der Waals surface area (Å²) in [5, 5.41) is 3.78. The van der Waals surface area contributed by atoms with Crippen LogP contribution in [0.4, 0.5) is 0 Å². The minimum atomic E-state index is 0.417. The van der Waals surface area contributed by atoms with Crippen molar-refractivity contribution in [2.75, 3.05) is 19.6 Å². The Labute approximate surface area is 126 Å². The average Bonchev–Trinajstić information content (AvgIpc) is 2.70. The molecule has 108 valence electrons. The Bertz CT molecular complexity index is 380. The minimum Gasteiger partial charge on any atom is -0.307 e. The van der Waals surface area contributed by atoms with E-state index in [4.69, 9.17) is 11.6 Å². The van der Waals surface area contributed by atoms with Gasteiger partial charge in [0.1, 0.15) is 0 Å². The zero-order valence-electron chi connectivity index (χ0n) is 12.0. The van der Waals surface area contributed by atoms with Crippen molar-refractivity contribution in [3.8, 4) is 0 Å². The first-order valence-electron chi connectivity index (χ1n) is 7.42. The summed E-state index contributed by atoms with van der Waals surface area (Å²) in [5.41, 5.74) is 0. The summed E-state index contributed by atoms with van der Waals surface area (Å²) in [6, 6.07) is 5.21. The fraction of sp³-hybridized carbons (Fsp3) is 0.733. The highest BCUT2D eigenvalue weighted by atomic mass is 35.5. The Hall–Kier alpha value is -0.0900. The van der Waals surface area contributed by atoms with Crippen LogP contribution in [0.5, 0.6) is 0 Å². The minimum absolute atomic E-state index is 0.417. The van der Waals surface area contributed by atoms with Gasteiger partial charge in [0.25, 0.3) is 0 Å². The molecule has 1 N–H and O–H groups in total. The summed E-state index contributed by atoms with van der Waals surface area (Å²) in [7, 11) is 0. The number of nitrogens with zero attached hydrogens (tertiary/aromatic N) is 1. The van der Waals surface area contributed by atoms with Crippen LogP contribution in [-0.2, 0) is 0 Å². The van der Waals surface area contributed by atoms with Crippen LogP contribution in [0, 0.1) is 0 Å². The molecule has 0 spiro atoms. The average molecular weight is 301 g/mol. The molecule has 0 saturated carbocycles. The van der Waals surface area contributed by atoms with Crippen LogP contribution in [0.25, 0.3) is 0 Å². The van der Waals surface area contributed by atoms with E-state index < -0.39 is 0 Å². The molecule has 0 aromatic carbocycles. The van der Waals surface area contributed by atoms with E-state index in [1.165, 1.54) is 50.2 Å². The third kappa shape index (κ3) is 4.75. The lowest BCUT2D eigenvalue weighted by Gasteiger charge is -2.22. The van der Waals surface area contributed by atoms with Gasteiger partial charge in [-0.05, 0) is 64.4 Å². The van der Waals surface area contributed by atoms with Gasteiger partial charge in [-0.1, -0.05) is 18.5 Å². The quantitative estimate of drug-likeness (QED) is 0.871. The summed E-state index contributed by atoms with van der Waals surface area (Å²) >= 11 is 7.70. The molecule has 2 nitrogen and oxygen atoms in total. The van der Waals surface area contributed by atoms with Gasteiger partial charge in [-0.25, -0.2) is 0 Å². The van der Waals surface area contributed by atoms with Crippen molar-refractivity contribution in [3.63, 3.8) is 0 Å². The van der Waals surface area contributed by atoms with Crippen molar-refractivity contribution in [1.29, 1.82) is 0 Å². The molecule has 1 aromatic rings. The topological polar surface area (TPSA) is 15.3 Å². The lowest BCUT2D eigenvalue weighted by molar-refractivity contribution is 0.281. The Kier molecular flexibility index (Phi) is 6.14. The van der Waals surface area contributed by atoms with E-state index in [9.17, 15) is 0 Å². The third-order valence-corrected chi connectivity index (χ3v) is 5.28. The monoisotopic (exact) mass is 300 g/mol. The number of rotatable bonds is 5. The molecule has 4 heteroatoms. The highest BCUT2D eigenvalue weighted by molar-refractivity contribution is 7.16. The zero-order valence-corrected chi connectivity index (χ0v) is 13.6. The number of hydrogen-bond donors (Lipinski definition) is 1. The van der Waals surface area contributed by atoms with Crippen LogP contribution in [0.15, 0.2) is 12.1 Å². The van der Waals surface area contributed by atoms with Crippen LogP contribution >= 0.6 is 22.9 Å². The molecule has 1 fully saturated rings. The predicted molar refractivity (Wildman–Crippen MR) is 85.2 cm³/mol. The van der Waals surface area contributed by atoms with Gasteiger partial charge in [0.05, 0.1) is 4.34 Å². The maximum Gasteiger partial charge on any atom is 0.0931 e. The molecule has 2 rings (SSSR count). The summed E-state index contributed by atoms with van der Waals surface area (Å²) in [5.74, 6) is 0. The highest BCUT2D eigenvalue weighted by Gasteiger charge is 2.19. The summed E-state index contributed by atoms with van der Waals surface area (Å²) in [6.07, 6.45) is 5.14. The lowest BCUT2D eigenvalue weighted by atomic mass is 10.1. The van der Waals surface area contributed by atoms with Gasteiger partial charge in [0.15, 0.2) is 0 Å². The molecular weight excluding hydrogens is 276 g/mol. The van der Waals surface area contributed by atoms with Gasteiger partial charge in [0, 0.05) is 17.0 Å². The third-order valence-electron chi connectivity index (χ3n) is 3.87. The molecular formula is C15H25ClN2S.